The van der Waals surface area contributed by atoms with Gasteiger partial charge in [-0.1, -0.05) is 39.0 Å². The highest BCUT2D eigenvalue weighted by Gasteiger charge is 2.39. The Balaban J connectivity index is 2.17. The van der Waals surface area contributed by atoms with E-state index in [1.807, 2.05) is 32.9 Å². The van der Waals surface area contributed by atoms with Crippen molar-refractivity contribution < 1.29 is 19.4 Å². The summed E-state index contributed by atoms with van der Waals surface area (Å²) in [6.07, 6.45) is -0.765. The molecule has 5 nitrogen and oxygen atoms in total. The number of ether oxygens (including phenoxy) is 1. The average Bonchev–Trinajstić information content (AvgIpc) is 2.74. The van der Waals surface area contributed by atoms with E-state index >= 15 is 0 Å². The zero-order chi connectivity index (χ0) is 14.9. The summed E-state index contributed by atoms with van der Waals surface area (Å²) in [6, 6.07) is 6.36. The van der Waals surface area contributed by atoms with Crippen LogP contribution in [0.15, 0.2) is 24.3 Å². The SMILES string of the molecule is CC(C)(C)COC(=O)C1Cc2ccccc2N1C(=O)O. The summed E-state index contributed by atoms with van der Waals surface area (Å²) in [4.78, 5) is 24.6. The highest BCUT2D eigenvalue weighted by molar-refractivity contribution is 5.98. The molecule has 2 rings (SSSR count). The van der Waals surface area contributed by atoms with Crippen molar-refractivity contribution in [2.45, 2.75) is 33.2 Å². The second-order valence-electron chi connectivity index (χ2n) is 6.17. The minimum absolute atomic E-state index is 0.144. The minimum Gasteiger partial charge on any atom is -0.465 e. The molecule has 0 radical (unpaired) electrons. The Hall–Kier alpha value is -2.04. The number of amides is 1. The van der Waals surface area contributed by atoms with E-state index in [9.17, 15) is 14.7 Å². The van der Waals surface area contributed by atoms with Gasteiger partial charge in [0, 0.05) is 6.42 Å². The number of carbonyl (C=O) groups excluding carboxylic acids is 1. The molecular weight excluding hydrogens is 258 g/mol. The topological polar surface area (TPSA) is 66.8 Å². The van der Waals surface area contributed by atoms with Crippen molar-refractivity contribution in [2.24, 2.45) is 5.41 Å². The number of hydrogen-bond acceptors (Lipinski definition) is 3. The number of carboxylic acid groups (broad SMARTS) is 1. The molecule has 1 unspecified atom stereocenters. The van der Waals surface area contributed by atoms with Crippen molar-refractivity contribution in [1.82, 2.24) is 0 Å². The van der Waals surface area contributed by atoms with E-state index in [2.05, 4.69) is 0 Å². The molecule has 1 amide bonds. The summed E-state index contributed by atoms with van der Waals surface area (Å²) in [5, 5.41) is 9.33. The number of anilines is 1. The van der Waals surface area contributed by atoms with Gasteiger partial charge >= 0.3 is 12.1 Å². The largest absolute Gasteiger partial charge is 0.465 e. The molecule has 1 aromatic rings. The molecule has 108 valence electrons. The molecule has 1 aliphatic rings. The Morgan fingerprint density at radius 1 is 1.35 bits per heavy atom. The van der Waals surface area contributed by atoms with Crippen molar-refractivity contribution in [3.63, 3.8) is 0 Å². The first-order chi connectivity index (χ1) is 9.29. The molecule has 1 aromatic carbocycles. The molecule has 1 atom stereocenters. The summed E-state index contributed by atoms with van der Waals surface area (Å²) >= 11 is 0. The van der Waals surface area contributed by atoms with Crippen LogP contribution in [0.5, 0.6) is 0 Å². The van der Waals surface area contributed by atoms with Gasteiger partial charge in [0.1, 0.15) is 6.04 Å². The molecule has 0 aromatic heterocycles. The van der Waals surface area contributed by atoms with Gasteiger partial charge in [0.25, 0.3) is 0 Å². The van der Waals surface area contributed by atoms with Crippen molar-refractivity contribution in [3.8, 4) is 0 Å². The number of hydrogen-bond donors (Lipinski definition) is 1. The zero-order valence-electron chi connectivity index (χ0n) is 11.9. The van der Waals surface area contributed by atoms with Gasteiger partial charge < -0.3 is 9.84 Å². The molecule has 0 spiro atoms. The zero-order valence-corrected chi connectivity index (χ0v) is 11.9. The molecule has 1 N–H and O–H groups in total. The minimum atomic E-state index is -1.13. The van der Waals surface area contributed by atoms with Crippen LogP contribution in [0.1, 0.15) is 26.3 Å². The van der Waals surface area contributed by atoms with E-state index < -0.39 is 18.1 Å². The lowest BCUT2D eigenvalue weighted by Crippen LogP contribution is -2.43. The Morgan fingerprint density at radius 2 is 2.00 bits per heavy atom. The van der Waals surface area contributed by atoms with Crippen LogP contribution in [0.25, 0.3) is 0 Å². The highest BCUT2D eigenvalue weighted by Crippen LogP contribution is 2.32. The smallest absolute Gasteiger partial charge is 0.412 e. The molecule has 0 aliphatic carbocycles. The summed E-state index contributed by atoms with van der Waals surface area (Å²) in [5.74, 6) is -0.487. The molecule has 0 saturated carbocycles. The summed E-state index contributed by atoms with van der Waals surface area (Å²) in [5.41, 5.74) is 1.28. The monoisotopic (exact) mass is 277 g/mol. The van der Waals surface area contributed by atoms with E-state index in [1.165, 1.54) is 0 Å². The van der Waals surface area contributed by atoms with E-state index in [-0.39, 0.29) is 12.0 Å². The molecular formula is C15H19NO4. The number of para-hydroxylation sites is 1. The molecule has 0 saturated heterocycles. The number of carbonyl (C=O) groups is 2. The quantitative estimate of drug-likeness (QED) is 0.844. The predicted molar refractivity (Wildman–Crippen MR) is 74.9 cm³/mol. The van der Waals surface area contributed by atoms with Gasteiger partial charge in [-0.2, -0.15) is 0 Å². The number of rotatable bonds is 2. The fourth-order valence-electron chi connectivity index (χ4n) is 2.19. The predicted octanol–water partition coefficient (Wildman–Crippen LogP) is 2.69. The molecule has 0 fully saturated rings. The van der Waals surface area contributed by atoms with E-state index in [1.54, 1.807) is 12.1 Å². The van der Waals surface area contributed by atoms with Crippen LogP contribution in [0.2, 0.25) is 0 Å². The van der Waals surface area contributed by atoms with Gasteiger partial charge in [0.2, 0.25) is 0 Å². The van der Waals surface area contributed by atoms with Crippen molar-refractivity contribution in [2.75, 3.05) is 11.5 Å². The fraction of sp³-hybridized carbons (Fsp3) is 0.467. The Morgan fingerprint density at radius 3 is 2.60 bits per heavy atom. The number of fused-ring (bicyclic) bond motifs is 1. The maximum atomic E-state index is 12.1. The average molecular weight is 277 g/mol. The van der Waals surface area contributed by atoms with Crippen LogP contribution < -0.4 is 4.90 Å². The first-order valence-electron chi connectivity index (χ1n) is 6.56. The van der Waals surface area contributed by atoms with Crippen LogP contribution in [0.3, 0.4) is 0 Å². The third kappa shape index (κ3) is 2.92. The lowest BCUT2D eigenvalue weighted by atomic mass is 9.99. The van der Waals surface area contributed by atoms with Crippen LogP contribution >= 0.6 is 0 Å². The van der Waals surface area contributed by atoms with E-state index in [0.29, 0.717) is 12.1 Å². The summed E-state index contributed by atoms with van der Waals surface area (Å²) in [6.45, 7) is 6.14. The third-order valence-electron chi connectivity index (χ3n) is 3.10. The lowest BCUT2D eigenvalue weighted by Gasteiger charge is -2.23. The third-order valence-corrected chi connectivity index (χ3v) is 3.10. The van der Waals surface area contributed by atoms with Crippen LogP contribution in [-0.4, -0.2) is 29.8 Å². The van der Waals surface area contributed by atoms with Gasteiger partial charge in [-0.05, 0) is 17.0 Å². The highest BCUT2D eigenvalue weighted by atomic mass is 16.5. The number of nitrogens with zero attached hydrogens (tertiary/aromatic N) is 1. The molecule has 20 heavy (non-hydrogen) atoms. The lowest BCUT2D eigenvalue weighted by molar-refractivity contribution is -0.147. The molecule has 1 heterocycles. The number of esters is 1. The Labute approximate surface area is 118 Å². The maximum Gasteiger partial charge on any atom is 0.412 e. The molecule has 1 aliphatic heterocycles. The molecule has 0 bridgehead atoms. The van der Waals surface area contributed by atoms with Crippen molar-refractivity contribution in [1.29, 1.82) is 0 Å². The summed E-state index contributed by atoms with van der Waals surface area (Å²) in [7, 11) is 0. The maximum absolute atomic E-state index is 12.1. The Kier molecular flexibility index (Phi) is 3.70. The van der Waals surface area contributed by atoms with Crippen LogP contribution in [0.4, 0.5) is 10.5 Å². The van der Waals surface area contributed by atoms with Gasteiger partial charge in [0.05, 0.1) is 12.3 Å². The summed E-state index contributed by atoms with van der Waals surface area (Å²) < 4.78 is 5.26. The standard InChI is InChI=1S/C15H19NO4/c1-15(2,3)9-20-13(17)12-8-10-6-4-5-7-11(10)16(12)14(18)19/h4-7,12H,8-9H2,1-3H3,(H,18,19). The van der Waals surface area contributed by atoms with Crippen molar-refractivity contribution >= 4 is 17.7 Å². The van der Waals surface area contributed by atoms with Crippen molar-refractivity contribution in [3.05, 3.63) is 29.8 Å². The Bertz CT molecular complexity index is 533. The second-order valence-corrected chi connectivity index (χ2v) is 6.17. The van der Waals surface area contributed by atoms with Crippen LogP contribution in [-0.2, 0) is 16.0 Å². The van der Waals surface area contributed by atoms with Gasteiger partial charge in [0.15, 0.2) is 0 Å². The van der Waals surface area contributed by atoms with E-state index in [4.69, 9.17) is 4.74 Å². The van der Waals surface area contributed by atoms with Gasteiger partial charge in [-0.3, -0.25) is 4.90 Å². The van der Waals surface area contributed by atoms with Gasteiger partial charge in [-0.25, -0.2) is 9.59 Å². The normalized spacial score (nSPS) is 17.8. The fourth-order valence-corrected chi connectivity index (χ4v) is 2.19. The number of benzene rings is 1. The first-order valence-corrected chi connectivity index (χ1v) is 6.56. The first kappa shape index (κ1) is 14.4. The molecule has 5 heteroatoms. The van der Waals surface area contributed by atoms with Gasteiger partial charge in [-0.15, -0.1) is 0 Å². The van der Waals surface area contributed by atoms with E-state index in [0.717, 1.165) is 10.5 Å². The van der Waals surface area contributed by atoms with Crippen LogP contribution in [0, 0.1) is 5.41 Å². The second kappa shape index (κ2) is 5.15.